The Kier molecular flexibility index (Phi) is 8.60. The molecule has 1 aliphatic rings. The van der Waals surface area contributed by atoms with E-state index in [9.17, 15) is 9.59 Å². The number of carbonyl (C=O) groups excluding carboxylic acids is 2. The average molecular weight is 575 g/mol. The van der Waals surface area contributed by atoms with E-state index in [-0.39, 0.29) is 17.7 Å². The Morgan fingerprint density at radius 3 is 2.20 bits per heavy atom. The molecule has 0 N–H and O–H groups in total. The second kappa shape index (κ2) is 12.1. The van der Waals surface area contributed by atoms with Crippen LogP contribution in [0.25, 0.3) is 21.2 Å². The number of hydrogen-bond acceptors (Lipinski definition) is 5. The lowest BCUT2D eigenvalue weighted by molar-refractivity contribution is 0.0573. The van der Waals surface area contributed by atoms with Gasteiger partial charge in [-0.05, 0) is 76.0 Å². The number of fused-ring (bicyclic) bond motifs is 1. The van der Waals surface area contributed by atoms with E-state index in [1.165, 1.54) is 11.3 Å². The Morgan fingerprint density at radius 2 is 1.57 bits per heavy atom. The number of amides is 1. The van der Waals surface area contributed by atoms with Crippen molar-refractivity contribution in [3.05, 3.63) is 87.8 Å². The minimum Gasteiger partial charge on any atom is -0.496 e. The van der Waals surface area contributed by atoms with Crippen LogP contribution in [0.3, 0.4) is 0 Å². The molecule has 4 aromatic rings. The Balaban J connectivity index is 1.51. The largest absolute Gasteiger partial charge is 0.496 e. The van der Waals surface area contributed by atoms with Crippen LogP contribution in [-0.4, -0.2) is 54.8 Å². The van der Waals surface area contributed by atoms with Gasteiger partial charge < -0.3 is 14.5 Å². The van der Waals surface area contributed by atoms with Crippen molar-refractivity contribution in [3.8, 4) is 16.9 Å². The van der Waals surface area contributed by atoms with Gasteiger partial charge in [-0.15, -0.1) is 11.3 Å². The van der Waals surface area contributed by atoms with E-state index in [0.29, 0.717) is 28.0 Å². The van der Waals surface area contributed by atoms with Gasteiger partial charge in [-0.3, -0.25) is 9.59 Å². The zero-order valence-electron chi connectivity index (χ0n) is 23.4. The molecular formula is C33H35ClN2O3S. The summed E-state index contributed by atoms with van der Waals surface area (Å²) >= 11 is 8.27. The number of ether oxygens (including phenoxy) is 1. The van der Waals surface area contributed by atoms with Crippen molar-refractivity contribution in [2.45, 2.75) is 51.2 Å². The lowest BCUT2D eigenvalue weighted by Gasteiger charge is -2.39. The molecule has 1 amide bonds. The molecule has 1 saturated carbocycles. The quantitative estimate of drug-likeness (QED) is 0.200. The highest BCUT2D eigenvalue weighted by Gasteiger charge is 2.33. The molecule has 0 aliphatic heterocycles. The number of halogens is 1. The molecule has 0 radical (unpaired) electrons. The molecule has 0 saturated heterocycles. The van der Waals surface area contributed by atoms with Crippen LogP contribution in [0.1, 0.15) is 58.2 Å². The van der Waals surface area contributed by atoms with Crippen molar-refractivity contribution in [2.75, 3.05) is 21.2 Å². The van der Waals surface area contributed by atoms with E-state index < -0.39 is 0 Å². The molecule has 5 nitrogen and oxygen atoms in total. The van der Waals surface area contributed by atoms with Crippen LogP contribution >= 0.6 is 22.9 Å². The Morgan fingerprint density at radius 1 is 0.925 bits per heavy atom. The van der Waals surface area contributed by atoms with E-state index >= 15 is 0 Å². The number of thiophene rings is 1. The average Bonchev–Trinajstić information content (AvgIpc) is 3.31. The number of hydrogen-bond donors (Lipinski definition) is 0. The van der Waals surface area contributed by atoms with E-state index in [1.807, 2.05) is 65.6 Å². The molecule has 5 rings (SSSR count). The highest BCUT2D eigenvalue weighted by molar-refractivity contribution is 7.21. The third-order valence-electron chi connectivity index (χ3n) is 8.07. The second-order valence-electron chi connectivity index (χ2n) is 10.8. The molecule has 0 spiro atoms. The van der Waals surface area contributed by atoms with Crippen LogP contribution in [0.15, 0.2) is 66.7 Å². The standard InChI is InChI=1S/C33H35ClN2O3S/c1-21(37)22-9-11-23(12-10-22)24-13-18-29(39-4)25(19-24)20-36(27-16-14-26(15-17-27)35(2)3)33(38)32-31(34)28-7-5-6-8-30(28)40-32/h5-13,18-19,26-27H,14-17,20H2,1-4H3. The number of carbonyl (C=O) groups is 2. The van der Waals surface area contributed by atoms with Gasteiger partial charge in [-0.1, -0.05) is 60.1 Å². The van der Waals surface area contributed by atoms with Crippen LogP contribution in [0, 0.1) is 0 Å². The second-order valence-corrected chi connectivity index (χ2v) is 12.2. The summed E-state index contributed by atoms with van der Waals surface area (Å²) in [5.74, 6) is 0.754. The maximum absolute atomic E-state index is 14.3. The molecule has 0 bridgehead atoms. The van der Waals surface area contributed by atoms with Gasteiger partial charge in [0.15, 0.2) is 5.78 Å². The minimum absolute atomic E-state index is 0.0298. The van der Waals surface area contributed by atoms with Crippen molar-refractivity contribution in [3.63, 3.8) is 0 Å². The fourth-order valence-corrected chi connectivity index (χ4v) is 7.17. The summed E-state index contributed by atoms with van der Waals surface area (Å²) in [6.45, 7) is 1.99. The van der Waals surface area contributed by atoms with Gasteiger partial charge in [0.1, 0.15) is 10.6 Å². The summed E-state index contributed by atoms with van der Waals surface area (Å²) in [4.78, 5) is 30.9. The van der Waals surface area contributed by atoms with E-state index in [2.05, 4.69) is 25.1 Å². The molecule has 1 heterocycles. The first-order valence-corrected chi connectivity index (χ1v) is 14.9. The lowest BCUT2D eigenvalue weighted by Crippen LogP contribution is -2.44. The Labute approximate surface area is 245 Å². The fraction of sp³-hybridized carbons (Fsp3) is 0.333. The van der Waals surface area contributed by atoms with Crippen LogP contribution in [0.4, 0.5) is 0 Å². The Hall–Kier alpha value is -3.19. The van der Waals surface area contributed by atoms with Gasteiger partial charge in [-0.25, -0.2) is 0 Å². The fourth-order valence-electron chi connectivity index (χ4n) is 5.70. The van der Waals surface area contributed by atoms with Gasteiger partial charge in [0.05, 0.1) is 12.1 Å². The van der Waals surface area contributed by atoms with Crippen molar-refractivity contribution < 1.29 is 14.3 Å². The van der Waals surface area contributed by atoms with Gasteiger partial charge in [-0.2, -0.15) is 0 Å². The summed E-state index contributed by atoms with van der Waals surface area (Å²) in [5.41, 5.74) is 3.64. The van der Waals surface area contributed by atoms with Gasteiger partial charge in [0.2, 0.25) is 0 Å². The first-order valence-electron chi connectivity index (χ1n) is 13.7. The highest BCUT2D eigenvalue weighted by Crippen LogP contribution is 2.38. The van der Waals surface area contributed by atoms with Crippen LogP contribution < -0.4 is 4.74 Å². The lowest BCUT2D eigenvalue weighted by atomic mass is 9.89. The molecule has 7 heteroatoms. The van der Waals surface area contributed by atoms with Gasteiger partial charge in [0.25, 0.3) is 5.91 Å². The monoisotopic (exact) mass is 574 g/mol. The number of ketones is 1. The van der Waals surface area contributed by atoms with Crippen molar-refractivity contribution >= 4 is 44.7 Å². The maximum Gasteiger partial charge on any atom is 0.266 e. The summed E-state index contributed by atoms with van der Waals surface area (Å²) < 4.78 is 6.78. The number of methoxy groups -OCH3 is 1. The van der Waals surface area contributed by atoms with Crippen LogP contribution in [0.5, 0.6) is 5.75 Å². The smallest absolute Gasteiger partial charge is 0.266 e. The summed E-state index contributed by atoms with van der Waals surface area (Å²) in [5, 5.41) is 1.45. The maximum atomic E-state index is 14.3. The molecule has 1 fully saturated rings. The molecule has 3 aromatic carbocycles. The highest BCUT2D eigenvalue weighted by atomic mass is 35.5. The molecule has 40 heavy (non-hydrogen) atoms. The topological polar surface area (TPSA) is 49.9 Å². The Bertz CT molecular complexity index is 1520. The van der Waals surface area contributed by atoms with E-state index in [1.54, 1.807) is 14.0 Å². The molecule has 208 valence electrons. The first-order chi connectivity index (χ1) is 19.3. The third-order valence-corrected chi connectivity index (χ3v) is 9.74. The number of benzene rings is 3. The van der Waals surface area contributed by atoms with Crippen molar-refractivity contribution in [1.29, 1.82) is 0 Å². The minimum atomic E-state index is -0.0298. The van der Waals surface area contributed by atoms with E-state index in [0.717, 1.165) is 58.2 Å². The van der Waals surface area contributed by atoms with Gasteiger partial charge in [0, 0.05) is 39.8 Å². The number of nitrogens with zero attached hydrogens (tertiary/aromatic N) is 2. The van der Waals surface area contributed by atoms with Crippen molar-refractivity contribution in [1.82, 2.24) is 9.80 Å². The summed E-state index contributed by atoms with van der Waals surface area (Å²) in [6, 6.07) is 22.2. The predicted octanol–water partition coefficient (Wildman–Crippen LogP) is 7.95. The normalized spacial score (nSPS) is 17.2. The number of rotatable bonds is 8. The first kappa shape index (κ1) is 28.3. The molecule has 0 unspecified atom stereocenters. The van der Waals surface area contributed by atoms with E-state index in [4.69, 9.17) is 16.3 Å². The van der Waals surface area contributed by atoms with Crippen LogP contribution in [0.2, 0.25) is 5.02 Å². The molecular weight excluding hydrogens is 540 g/mol. The molecule has 1 aromatic heterocycles. The van der Waals surface area contributed by atoms with Gasteiger partial charge >= 0.3 is 0 Å². The SMILES string of the molecule is COc1ccc(-c2ccc(C(C)=O)cc2)cc1CN(C(=O)c1sc2ccccc2c1Cl)C1CCC(N(C)C)CC1. The molecule has 1 aliphatic carbocycles. The summed E-state index contributed by atoms with van der Waals surface area (Å²) in [6.07, 6.45) is 3.96. The van der Waals surface area contributed by atoms with Crippen LogP contribution in [-0.2, 0) is 6.54 Å². The predicted molar refractivity (Wildman–Crippen MR) is 165 cm³/mol. The summed E-state index contributed by atoms with van der Waals surface area (Å²) in [7, 11) is 5.92. The zero-order valence-corrected chi connectivity index (χ0v) is 25.0. The zero-order chi connectivity index (χ0) is 28.4. The molecule has 0 atom stereocenters. The third kappa shape index (κ3) is 5.80. The van der Waals surface area contributed by atoms with Crippen molar-refractivity contribution in [2.24, 2.45) is 0 Å². The number of Topliss-reactive ketones (excluding diaryl/α,β-unsaturated/α-hetero) is 1.